The second-order valence-electron chi connectivity index (χ2n) is 5.38. The zero-order valence-corrected chi connectivity index (χ0v) is 14.1. The largest absolute Gasteiger partial charge is 0.345 e. The van der Waals surface area contributed by atoms with Gasteiger partial charge >= 0.3 is 0 Å². The lowest BCUT2D eigenvalue weighted by Gasteiger charge is -2.33. The molecule has 0 unspecified atom stereocenters. The standard InChI is InChI=1S/C15H19N3O2S2/c1-13-4-2-3-5-14(13)12-22(19,20)18-9-7-17(8-10-18)15-16-6-11-21-15/h2-6,11H,7-10,12H2,1H3. The van der Waals surface area contributed by atoms with Gasteiger partial charge in [0, 0.05) is 37.8 Å². The summed E-state index contributed by atoms with van der Waals surface area (Å²) in [6.45, 7) is 4.38. The second kappa shape index (κ2) is 6.36. The average molecular weight is 337 g/mol. The van der Waals surface area contributed by atoms with E-state index < -0.39 is 10.0 Å². The summed E-state index contributed by atoms with van der Waals surface area (Å²) >= 11 is 1.59. The number of piperazine rings is 1. The maximum Gasteiger partial charge on any atom is 0.218 e. The molecule has 1 aromatic carbocycles. The summed E-state index contributed by atoms with van der Waals surface area (Å²) in [4.78, 5) is 6.43. The van der Waals surface area contributed by atoms with Gasteiger partial charge in [0.05, 0.1) is 5.75 Å². The third-order valence-electron chi connectivity index (χ3n) is 3.92. The van der Waals surface area contributed by atoms with Crippen molar-refractivity contribution in [1.29, 1.82) is 0 Å². The fraction of sp³-hybridized carbons (Fsp3) is 0.400. The number of hydrogen-bond acceptors (Lipinski definition) is 5. The van der Waals surface area contributed by atoms with Crippen molar-refractivity contribution in [2.45, 2.75) is 12.7 Å². The molecule has 1 aromatic heterocycles. The number of aromatic nitrogens is 1. The molecule has 1 saturated heterocycles. The summed E-state index contributed by atoms with van der Waals surface area (Å²) in [5, 5.41) is 2.91. The lowest BCUT2D eigenvalue weighted by atomic mass is 10.1. The van der Waals surface area contributed by atoms with E-state index in [-0.39, 0.29) is 5.75 Å². The summed E-state index contributed by atoms with van der Waals surface area (Å²) < 4.78 is 26.8. The Bertz CT molecular complexity index is 721. The SMILES string of the molecule is Cc1ccccc1CS(=O)(=O)N1CCN(c2nccs2)CC1. The van der Waals surface area contributed by atoms with Gasteiger partial charge < -0.3 is 4.90 Å². The first-order valence-electron chi connectivity index (χ1n) is 7.23. The number of hydrogen-bond donors (Lipinski definition) is 0. The molecule has 1 aliphatic rings. The molecule has 0 aliphatic carbocycles. The Morgan fingerprint density at radius 1 is 1.18 bits per heavy atom. The zero-order chi connectivity index (χ0) is 15.6. The molecule has 2 aromatic rings. The van der Waals surface area contributed by atoms with Crippen molar-refractivity contribution in [3.05, 3.63) is 47.0 Å². The molecule has 0 bridgehead atoms. The number of aryl methyl sites for hydroxylation is 1. The molecule has 7 heteroatoms. The van der Waals surface area contributed by atoms with Gasteiger partial charge in [-0.2, -0.15) is 4.31 Å². The molecular formula is C15H19N3O2S2. The highest BCUT2D eigenvalue weighted by molar-refractivity contribution is 7.88. The van der Waals surface area contributed by atoms with Crippen molar-refractivity contribution < 1.29 is 8.42 Å². The third kappa shape index (κ3) is 3.31. The summed E-state index contributed by atoms with van der Waals surface area (Å²) in [7, 11) is -3.26. The van der Waals surface area contributed by atoms with Gasteiger partial charge in [0.25, 0.3) is 0 Å². The Morgan fingerprint density at radius 3 is 2.55 bits per heavy atom. The molecule has 0 N–H and O–H groups in total. The fourth-order valence-corrected chi connectivity index (χ4v) is 4.91. The van der Waals surface area contributed by atoms with Crippen LogP contribution in [0.4, 0.5) is 5.13 Å². The van der Waals surface area contributed by atoms with E-state index in [2.05, 4.69) is 9.88 Å². The summed E-state index contributed by atoms with van der Waals surface area (Å²) in [6.07, 6.45) is 1.78. The first kappa shape index (κ1) is 15.5. The molecule has 1 aliphatic heterocycles. The molecule has 3 rings (SSSR count). The molecule has 0 atom stereocenters. The summed E-state index contributed by atoms with van der Waals surface area (Å²) in [5.74, 6) is 0.0803. The minimum absolute atomic E-state index is 0.0803. The highest BCUT2D eigenvalue weighted by atomic mass is 32.2. The van der Waals surface area contributed by atoms with E-state index in [9.17, 15) is 8.42 Å². The van der Waals surface area contributed by atoms with E-state index in [0.29, 0.717) is 26.2 Å². The van der Waals surface area contributed by atoms with Crippen LogP contribution in [0.5, 0.6) is 0 Å². The van der Waals surface area contributed by atoms with E-state index in [1.54, 1.807) is 21.8 Å². The van der Waals surface area contributed by atoms with E-state index in [0.717, 1.165) is 16.3 Å². The van der Waals surface area contributed by atoms with Gasteiger partial charge in [-0.1, -0.05) is 24.3 Å². The molecule has 0 radical (unpaired) electrons. The molecule has 0 amide bonds. The topological polar surface area (TPSA) is 53.5 Å². The van der Waals surface area contributed by atoms with Crippen LogP contribution in [0.15, 0.2) is 35.8 Å². The molecule has 1 fully saturated rings. The highest BCUT2D eigenvalue weighted by Gasteiger charge is 2.28. The molecule has 0 spiro atoms. The first-order valence-corrected chi connectivity index (χ1v) is 9.72. The van der Waals surface area contributed by atoms with Crippen LogP contribution < -0.4 is 4.90 Å². The minimum Gasteiger partial charge on any atom is -0.345 e. The number of sulfonamides is 1. The zero-order valence-electron chi connectivity index (χ0n) is 12.5. The average Bonchev–Trinajstić information content (AvgIpc) is 3.04. The van der Waals surface area contributed by atoms with Crippen molar-refractivity contribution in [2.24, 2.45) is 0 Å². The second-order valence-corrected chi connectivity index (χ2v) is 8.23. The number of benzene rings is 1. The highest BCUT2D eigenvalue weighted by Crippen LogP contribution is 2.21. The van der Waals surface area contributed by atoms with Crippen LogP contribution in [0.25, 0.3) is 0 Å². The van der Waals surface area contributed by atoms with Crippen LogP contribution >= 0.6 is 11.3 Å². The number of nitrogens with zero attached hydrogens (tertiary/aromatic N) is 3. The Labute approximate surface area is 135 Å². The summed E-state index contributed by atoms with van der Waals surface area (Å²) in [6, 6.07) is 7.65. The third-order valence-corrected chi connectivity index (χ3v) is 6.58. The summed E-state index contributed by atoms with van der Waals surface area (Å²) in [5.41, 5.74) is 1.90. The van der Waals surface area contributed by atoms with Gasteiger partial charge in [-0.3, -0.25) is 0 Å². The maximum atomic E-state index is 12.6. The molecule has 5 nitrogen and oxygen atoms in total. The predicted octanol–water partition coefficient (Wildman–Crippen LogP) is 2.10. The van der Waals surface area contributed by atoms with Crippen molar-refractivity contribution >= 4 is 26.5 Å². The molecule has 118 valence electrons. The van der Waals surface area contributed by atoms with Crippen LogP contribution in [0.2, 0.25) is 0 Å². The number of thiazole rings is 1. The Kier molecular flexibility index (Phi) is 4.46. The van der Waals surface area contributed by atoms with Crippen LogP contribution in [-0.2, 0) is 15.8 Å². The predicted molar refractivity (Wildman–Crippen MR) is 89.7 cm³/mol. The fourth-order valence-electron chi connectivity index (χ4n) is 2.59. The van der Waals surface area contributed by atoms with E-state index in [4.69, 9.17) is 0 Å². The van der Waals surface area contributed by atoms with Crippen LogP contribution in [-0.4, -0.2) is 43.9 Å². The quantitative estimate of drug-likeness (QED) is 0.857. The lowest BCUT2D eigenvalue weighted by molar-refractivity contribution is 0.384. The van der Waals surface area contributed by atoms with E-state index in [1.165, 1.54) is 0 Å². The van der Waals surface area contributed by atoms with Gasteiger partial charge in [0.2, 0.25) is 10.0 Å². The monoisotopic (exact) mass is 337 g/mol. The number of anilines is 1. The van der Waals surface area contributed by atoms with Crippen molar-refractivity contribution in [3.63, 3.8) is 0 Å². The van der Waals surface area contributed by atoms with Crippen LogP contribution in [0, 0.1) is 6.92 Å². The van der Waals surface area contributed by atoms with Gasteiger partial charge in [-0.15, -0.1) is 11.3 Å². The van der Waals surface area contributed by atoms with Crippen molar-refractivity contribution in [2.75, 3.05) is 31.1 Å². The molecule has 0 saturated carbocycles. The molecule has 2 heterocycles. The lowest BCUT2D eigenvalue weighted by Crippen LogP contribution is -2.49. The first-order chi connectivity index (χ1) is 10.6. The van der Waals surface area contributed by atoms with E-state index >= 15 is 0 Å². The van der Waals surface area contributed by atoms with Gasteiger partial charge in [-0.25, -0.2) is 13.4 Å². The van der Waals surface area contributed by atoms with Gasteiger partial charge in [-0.05, 0) is 18.1 Å². The Balaban J connectivity index is 1.66. The van der Waals surface area contributed by atoms with Crippen LogP contribution in [0.1, 0.15) is 11.1 Å². The Hall–Kier alpha value is -1.44. The Morgan fingerprint density at radius 2 is 1.91 bits per heavy atom. The van der Waals surface area contributed by atoms with Crippen molar-refractivity contribution in [1.82, 2.24) is 9.29 Å². The number of rotatable bonds is 4. The van der Waals surface area contributed by atoms with Crippen molar-refractivity contribution in [3.8, 4) is 0 Å². The minimum atomic E-state index is -3.26. The van der Waals surface area contributed by atoms with Crippen LogP contribution in [0.3, 0.4) is 0 Å². The normalized spacial score (nSPS) is 16.9. The molecule has 22 heavy (non-hydrogen) atoms. The molecular weight excluding hydrogens is 318 g/mol. The maximum absolute atomic E-state index is 12.6. The van der Waals surface area contributed by atoms with Gasteiger partial charge in [0.15, 0.2) is 5.13 Å². The van der Waals surface area contributed by atoms with E-state index in [1.807, 2.05) is 36.6 Å². The smallest absolute Gasteiger partial charge is 0.218 e. The van der Waals surface area contributed by atoms with Gasteiger partial charge in [0.1, 0.15) is 0 Å².